The minimum Gasteiger partial charge on any atom is -0.460 e. The summed E-state index contributed by atoms with van der Waals surface area (Å²) in [6.45, 7) is 3.19. The van der Waals surface area contributed by atoms with Gasteiger partial charge in [0.25, 0.3) is 11.8 Å². The average Bonchev–Trinajstić information content (AvgIpc) is 2.99. The summed E-state index contributed by atoms with van der Waals surface area (Å²) in [6, 6.07) is 9.21. The molecule has 2 aromatic carbocycles. The van der Waals surface area contributed by atoms with Gasteiger partial charge < -0.3 is 4.74 Å². The number of hydrogen-bond donors (Lipinski definition) is 0. The van der Waals surface area contributed by atoms with E-state index in [2.05, 4.69) is 0 Å². The summed E-state index contributed by atoms with van der Waals surface area (Å²) in [6.07, 6.45) is 0. The lowest BCUT2D eigenvalue weighted by Gasteiger charge is -2.19. The standard InChI is InChI=1S/C21H21FN2O6S/c1-3-23(4-2)31(28,29)14-9-10-18(22)17(13-14)21(27)30-12-11-24-19(25)15-7-5-6-8-16(15)20(24)26/h5-10,13H,3-4,11-12H2,1-2H3. The Morgan fingerprint density at radius 1 is 1.03 bits per heavy atom. The highest BCUT2D eigenvalue weighted by molar-refractivity contribution is 7.89. The number of halogens is 1. The Labute approximate surface area is 179 Å². The summed E-state index contributed by atoms with van der Waals surface area (Å²) in [5.41, 5.74) is -0.0195. The topological polar surface area (TPSA) is 101 Å². The SMILES string of the molecule is CCN(CC)S(=O)(=O)c1ccc(F)c(C(=O)OCCN2C(=O)c3ccccc3C2=O)c1. The molecule has 0 atom stereocenters. The Morgan fingerprint density at radius 3 is 2.16 bits per heavy atom. The molecule has 0 bridgehead atoms. The van der Waals surface area contributed by atoms with E-state index in [1.165, 1.54) is 16.4 Å². The molecule has 0 saturated carbocycles. The van der Waals surface area contributed by atoms with Gasteiger partial charge in [0.1, 0.15) is 12.4 Å². The zero-order chi connectivity index (χ0) is 22.8. The van der Waals surface area contributed by atoms with Crippen LogP contribution in [0.5, 0.6) is 0 Å². The first-order valence-electron chi connectivity index (χ1n) is 9.64. The first kappa shape index (κ1) is 22.6. The summed E-state index contributed by atoms with van der Waals surface area (Å²) >= 11 is 0. The van der Waals surface area contributed by atoms with Crippen LogP contribution in [0.3, 0.4) is 0 Å². The largest absolute Gasteiger partial charge is 0.460 e. The van der Waals surface area contributed by atoms with Crippen molar-refractivity contribution in [3.8, 4) is 0 Å². The van der Waals surface area contributed by atoms with Gasteiger partial charge >= 0.3 is 5.97 Å². The summed E-state index contributed by atoms with van der Waals surface area (Å²) in [5, 5.41) is 0. The van der Waals surface area contributed by atoms with Gasteiger partial charge in [0, 0.05) is 13.1 Å². The smallest absolute Gasteiger partial charge is 0.341 e. The molecule has 8 nitrogen and oxygen atoms in total. The number of amides is 2. The van der Waals surface area contributed by atoms with Crippen molar-refractivity contribution < 1.29 is 31.9 Å². The van der Waals surface area contributed by atoms with Crippen molar-refractivity contribution >= 4 is 27.8 Å². The third-order valence-corrected chi connectivity index (χ3v) is 6.97. The highest BCUT2D eigenvalue weighted by atomic mass is 32.2. The molecule has 164 valence electrons. The van der Waals surface area contributed by atoms with Crippen LogP contribution in [0.4, 0.5) is 4.39 Å². The Balaban J connectivity index is 1.71. The molecule has 2 aromatic rings. The Kier molecular flexibility index (Phi) is 6.51. The van der Waals surface area contributed by atoms with E-state index in [1.54, 1.807) is 26.0 Å². The summed E-state index contributed by atoms with van der Waals surface area (Å²) in [7, 11) is -3.89. The van der Waals surface area contributed by atoms with Crippen LogP contribution in [-0.2, 0) is 14.8 Å². The maximum atomic E-state index is 14.2. The van der Waals surface area contributed by atoms with Crippen LogP contribution in [0.2, 0.25) is 0 Å². The number of sulfonamides is 1. The summed E-state index contributed by atoms with van der Waals surface area (Å²) < 4.78 is 45.6. The van der Waals surface area contributed by atoms with Gasteiger partial charge in [-0.1, -0.05) is 26.0 Å². The highest BCUT2D eigenvalue weighted by Crippen LogP contribution is 2.23. The third-order valence-electron chi connectivity index (χ3n) is 4.93. The molecule has 0 spiro atoms. The van der Waals surface area contributed by atoms with Gasteiger partial charge in [-0.05, 0) is 30.3 Å². The predicted molar refractivity (Wildman–Crippen MR) is 109 cm³/mol. The van der Waals surface area contributed by atoms with Crippen molar-refractivity contribution in [1.82, 2.24) is 9.21 Å². The quantitative estimate of drug-likeness (QED) is 0.454. The van der Waals surface area contributed by atoms with Crippen LogP contribution in [-0.4, -0.2) is 61.6 Å². The van der Waals surface area contributed by atoms with E-state index >= 15 is 0 Å². The number of rotatable bonds is 8. The molecular formula is C21H21FN2O6S. The maximum absolute atomic E-state index is 14.2. The second-order valence-corrected chi connectivity index (χ2v) is 8.61. The number of fused-ring (bicyclic) bond motifs is 1. The molecule has 1 heterocycles. The van der Waals surface area contributed by atoms with Crippen molar-refractivity contribution in [2.75, 3.05) is 26.2 Å². The van der Waals surface area contributed by atoms with E-state index < -0.39 is 39.2 Å². The molecule has 0 aromatic heterocycles. The average molecular weight is 448 g/mol. The highest BCUT2D eigenvalue weighted by Gasteiger charge is 2.35. The molecule has 0 fully saturated rings. The molecule has 0 aliphatic carbocycles. The molecule has 2 amide bonds. The van der Waals surface area contributed by atoms with Crippen molar-refractivity contribution in [2.24, 2.45) is 0 Å². The van der Waals surface area contributed by atoms with Crippen LogP contribution in [0.15, 0.2) is 47.4 Å². The molecule has 0 radical (unpaired) electrons. The van der Waals surface area contributed by atoms with Gasteiger partial charge in [0.15, 0.2) is 0 Å². The van der Waals surface area contributed by atoms with Crippen LogP contribution >= 0.6 is 0 Å². The molecule has 0 N–H and O–H groups in total. The predicted octanol–water partition coefficient (Wildman–Crippen LogP) is 2.31. The number of hydrogen-bond acceptors (Lipinski definition) is 6. The molecule has 0 saturated heterocycles. The number of imide groups is 1. The van der Waals surface area contributed by atoms with E-state index in [0.717, 1.165) is 23.1 Å². The van der Waals surface area contributed by atoms with E-state index in [4.69, 9.17) is 4.74 Å². The lowest BCUT2D eigenvalue weighted by molar-refractivity contribution is 0.0416. The molecule has 1 aliphatic heterocycles. The lowest BCUT2D eigenvalue weighted by atomic mass is 10.1. The minimum atomic E-state index is -3.89. The normalized spacial score (nSPS) is 13.6. The lowest BCUT2D eigenvalue weighted by Crippen LogP contribution is -2.33. The molecule has 3 rings (SSSR count). The fourth-order valence-corrected chi connectivity index (χ4v) is 4.77. The maximum Gasteiger partial charge on any atom is 0.341 e. The van der Waals surface area contributed by atoms with Crippen molar-refractivity contribution in [3.63, 3.8) is 0 Å². The first-order chi connectivity index (χ1) is 14.7. The van der Waals surface area contributed by atoms with E-state index in [0.29, 0.717) is 0 Å². The Morgan fingerprint density at radius 2 is 1.61 bits per heavy atom. The molecule has 1 aliphatic rings. The number of esters is 1. The van der Waals surface area contributed by atoms with E-state index in [9.17, 15) is 27.2 Å². The number of benzene rings is 2. The van der Waals surface area contributed by atoms with Crippen molar-refractivity contribution in [3.05, 3.63) is 65.0 Å². The van der Waals surface area contributed by atoms with Gasteiger partial charge in [0.2, 0.25) is 10.0 Å². The fraction of sp³-hybridized carbons (Fsp3) is 0.286. The van der Waals surface area contributed by atoms with Crippen molar-refractivity contribution in [1.29, 1.82) is 0 Å². The Bertz CT molecular complexity index is 1110. The molecule has 10 heteroatoms. The van der Waals surface area contributed by atoms with Crippen LogP contribution in [0.1, 0.15) is 44.9 Å². The summed E-state index contributed by atoms with van der Waals surface area (Å²) in [5.74, 6) is -3.04. The Hall–Kier alpha value is -3.11. The second kappa shape index (κ2) is 8.94. The number of carbonyl (C=O) groups excluding carboxylic acids is 3. The first-order valence-corrected chi connectivity index (χ1v) is 11.1. The molecular weight excluding hydrogens is 427 g/mol. The third kappa shape index (κ3) is 4.21. The second-order valence-electron chi connectivity index (χ2n) is 6.67. The van der Waals surface area contributed by atoms with Gasteiger partial charge in [-0.15, -0.1) is 0 Å². The van der Waals surface area contributed by atoms with Gasteiger partial charge in [-0.2, -0.15) is 4.31 Å². The monoisotopic (exact) mass is 448 g/mol. The number of nitrogens with zero attached hydrogens (tertiary/aromatic N) is 2. The van der Waals surface area contributed by atoms with Gasteiger partial charge in [0.05, 0.1) is 28.1 Å². The molecule has 0 unspecified atom stereocenters. The summed E-state index contributed by atoms with van der Waals surface area (Å²) in [4.78, 5) is 37.7. The van der Waals surface area contributed by atoms with Crippen LogP contribution in [0.25, 0.3) is 0 Å². The number of ether oxygens (including phenoxy) is 1. The van der Waals surface area contributed by atoms with Crippen LogP contribution in [0, 0.1) is 5.82 Å². The number of carbonyl (C=O) groups is 3. The van der Waals surface area contributed by atoms with E-state index in [1.807, 2.05) is 0 Å². The zero-order valence-corrected chi connectivity index (χ0v) is 17.8. The van der Waals surface area contributed by atoms with Crippen LogP contribution < -0.4 is 0 Å². The van der Waals surface area contributed by atoms with Gasteiger partial charge in [-0.25, -0.2) is 17.6 Å². The molecule has 31 heavy (non-hydrogen) atoms. The zero-order valence-electron chi connectivity index (χ0n) is 17.0. The van der Waals surface area contributed by atoms with E-state index in [-0.39, 0.29) is 42.3 Å². The fourth-order valence-electron chi connectivity index (χ4n) is 3.28. The minimum absolute atomic E-state index is 0.211. The van der Waals surface area contributed by atoms with Gasteiger partial charge in [-0.3, -0.25) is 14.5 Å². The van der Waals surface area contributed by atoms with Crippen molar-refractivity contribution in [2.45, 2.75) is 18.7 Å².